The summed E-state index contributed by atoms with van der Waals surface area (Å²) >= 11 is 0. The summed E-state index contributed by atoms with van der Waals surface area (Å²) in [5.74, 6) is -0.865. The maximum absolute atomic E-state index is 14.5. The maximum Gasteiger partial charge on any atom is 0.326 e. The number of rotatable bonds is 4. The zero-order valence-corrected chi connectivity index (χ0v) is 14.7. The van der Waals surface area contributed by atoms with E-state index >= 15 is 0 Å². The van der Waals surface area contributed by atoms with Crippen LogP contribution in [0.3, 0.4) is 0 Å². The van der Waals surface area contributed by atoms with Crippen LogP contribution in [0.2, 0.25) is 0 Å². The maximum atomic E-state index is 14.5. The highest BCUT2D eigenvalue weighted by molar-refractivity contribution is 6.05. The Morgan fingerprint density at radius 2 is 1.88 bits per heavy atom. The molecule has 3 amide bonds. The quantitative estimate of drug-likeness (QED) is 0.653. The molecule has 24 heavy (non-hydrogen) atoms. The van der Waals surface area contributed by atoms with E-state index < -0.39 is 17.8 Å². The molecule has 0 spiro atoms. The number of anilines is 1. The largest absolute Gasteiger partial charge is 0.504 e. The summed E-state index contributed by atoms with van der Waals surface area (Å²) in [6.07, 6.45) is 2.16. The van der Waals surface area contributed by atoms with E-state index in [1.165, 1.54) is 20.3 Å². The smallest absolute Gasteiger partial charge is 0.326 e. The number of carbonyl (C=O) groups is 2. The molecule has 6 nitrogen and oxygen atoms in total. The van der Waals surface area contributed by atoms with E-state index in [1.54, 1.807) is 6.92 Å². The monoisotopic (exact) mass is 338 g/mol. The fourth-order valence-electron chi connectivity index (χ4n) is 2.13. The SMILES string of the molecule is CO/C=C/C(=O)NC(=O)Nc1cc(C(C)(C)C)c(OC)c(C)c1F. The fraction of sp³-hybridized carbons (Fsp3) is 0.412. The molecule has 0 bridgehead atoms. The molecule has 132 valence electrons. The van der Waals surface area contributed by atoms with Crippen molar-refractivity contribution >= 4 is 17.6 Å². The van der Waals surface area contributed by atoms with Crippen molar-refractivity contribution in [1.29, 1.82) is 0 Å². The molecule has 0 aliphatic rings. The van der Waals surface area contributed by atoms with Gasteiger partial charge in [-0.3, -0.25) is 10.1 Å². The molecule has 0 heterocycles. The third kappa shape index (κ3) is 4.71. The summed E-state index contributed by atoms with van der Waals surface area (Å²) in [5.41, 5.74) is 0.670. The number of ether oxygens (including phenoxy) is 2. The molecule has 0 aliphatic heterocycles. The number of urea groups is 1. The first-order chi connectivity index (χ1) is 11.1. The second kappa shape index (κ2) is 7.81. The summed E-state index contributed by atoms with van der Waals surface area (Å²) in [6, 6.07) is 0.667. The van der Waals surface area contributed by atoms with E-state index in [0.29, 0.717) is 5.75 Å². The van der Waals surface area contributed by atoms with Crippen molar-refractivity contribution in [1.82, 2.24) is 5.32 Å². The van der Waals surface area contributed by atoms with Crippen molar-refractivity contribution in [2.24, 2.45) is 0 Å². The second-order valence-electron chi connectivity index (χ2n) is 6.18. The number of carbonyl (C=O) groups excluding carboxylic acids is 2. The normalized spacial score (nSPS) is 11.3. The molecule has 0 saturated carbocycles. The molecular formula is C17H23FN2O4. The molecule has 0 atom stereocenters. The average Bonchev–Trinajstić information content (AvgIpc) is 2.48. The van der Waals surface area contributed by atoms with Crippen LogP contribution in [0.25, 0.3) is 0 Å². The van der Waals surface area contributed by atoms with Gasteiger partial charge in [-0.15, -0.1) is 0 Å². The predicted molar refractivity (Wildman–Crippen MR) is 89.7 cm³/mol. The van der Waals surface area contributed by atoms with Crippen molar-refractivity contribution < 1.29 is 23.5 Å². The van der Waals surface area contributed by atoms with Gasteiger partial charge >= 0.3 is 6.03 Å². The highest BCUT2D eigenvalue weighted by Crippen LogP contribution is 2.38. The average molecular weight is 338 g/mol. The van der Waals surface area contributed by atoms with Gasteiger partial charge in [-0.1, -0.05) is 20.8 Å². The van der Waals surface area contributed by atoms with Crippen molar-refractivity contribution in [3.63, 3.8) is 0 Å². The van der Waals surface area contributed by atoms with E-state index in [2.05, 4.69) is 10.1 Å². The molecule has 1 aromatic rings. The third-order valence-electron chi connectivity index (χ3n) is 3.29. The lowest BCUT2D eigenvalue weighted by Crippen LogP contribution is -2.33. The number of halogens is 1. The van der Waals surface area contributed by atoms with Crippen LogP contribution in [-0.4, -0.2) is 26.2 Å². The lowest BCUT2D eigenvalue weighted by Gasteiger charge is -2.25. The van der Waals surface area contributed by atoms with Crippen molar-refractivity contribution in [2.45, 2.75) is 33.1 Å². The van der Waals surface area contributed by atoms with Crippen molar-refractivity contribution in [2.75, 3.05) is 19.5 Å². The Bertz CT molecular complexity index is 664. The number of methoxy groups -OCH3 is 2. The molecular weight excluding hydrogens is 315 g/mol. The molecule has 7 heteroatoms. The van der Waals surface area contributed by atoms with Gasteiger partial charge in [0.1, 0.15) is 5.75 Å². The summed E-state index contributed by atoms with van der Waals surface area (Å²) in [5, 5.41) is 4.39. The minimum absolute atomic E-state index is 0.0285. The number of hydrogen-bond acceptors (Lipinski definition) is 4. The van der Waals surface area contributed by atoms with Crippen LogP contribution in [0, 0.1) is 12.7 Å². The van der Waals surface area contributed by atoms with Gasteiger partial charge in [0.2, 0.25) is 0 Å². The van der Waals surface area contributed by atoms with E-state index in [9.17, 15) is 14.0 Å². The first kappa shape index (κ1) is 19.5. The Morgan fingerprint density at radius 3 is 2.38 bits per heavy atom. The fourth-order valence-corrected chi connectivity index (χ4v) is 2.13. The van der Waals surface area contributed by atoms with E-state index in [1.807, 2.05) is 26.1 Å². The second-order valence-corrected chi connectivity index (χ2v) is 6.18. The molecule has 1 aromatic carbocycles. The number of hydrogen-bond donors (Lipinski definition) is 2. The van der Waals surface area contributed by atoms with E-state index in [4.69, 9.17) is 4.74 Å². The van der Waals surface area contributed by atoms with Gasteiger partial charge in [0.15, 0.2) is 5.82 Å². The van der Waals surface area contributed by atoms with E-state index in [0.717, 1.165) is 17.9 Å². The molecule has 0 unspecified atom stereocenters. The van der Waals surface area contributed by atoms with Crippen LogP contribution < -0.4 is 15.4 Å². The number of amides is 3. The molecule has 0 aromatic heterocycles. The van der Waals surface area contributed by atoms with E-state index in [-0.39, 0.29) is 16.7 Å². The minimum atomic E-state index is -0.843. The third-order valence-corrected chi connectivity index (χ3v) is 3.29. The van der Waals surface area contributed by atoms with Gasteiger partial charge < -0.3 is 14.8 Å². The first-order valence-corrected chi connectivity index (χ1v) is 7.30. The number of benzene rings is 1. The lowest BCUT2D eigenvalue weighted by molar-refractivity contribution is -0.115. The lowest BCUT2D eigenvalue weighted by atomic mass is 9.84. The number of imide groups is 1. The number of nitrogens with one attached hydrogen (secondary N) is 2. The molecule has 0 radical (unpaired) electrons. The van der Waals surface area contributed by atoms with Crippen LogP contribution in [0.5, 0.6) is 5.75 Å². The summed E-state index contributed by atoms with van der Waals surface area (Å²) in [4.78, 5) is 23.3. The predicted octanol–water partition coefficient (Wildman–Crippen LogP) is 3.25. The van der Waals surface area contributed by atoms with Gasteiger partial charge in [0, 0.05) is 17.2 Å². The van der Waals surface area contributed by atoms with Crippen LogP contribution in [-0.2, 0) is 14.9 Å². The summed E-state index contributed by atoms with van der Waals surface area (Å²) in [7, 11) is 2.84. The zero-order chi connectivity index (χ0) is 18.5. The van der Waals surface area contributed by atoms with Crippen LogP contribution in [0.4, 0.5) is 14.9 Å². The Balaban J connectivity index is 3.12. The molecule has 0 aliphatic carbocycles. The van der Waals surface area contributed by atoms with Crippen LogP contribution >= 0.6 is 0 Å². The van der Waals surface area contributed by atoms with Crippen molar-refractivity contribution in [3.8, 4) is 5.75 Å². The highest BCUT2D eigenvalue weighted by atomic mass is 19.1. The summed E-state index contributed by atoms with van der Waals surface area (Å²) in [6.45, 7) is 7.42. The Kier molecular flexibility index (Phi) is 6.34. The van der Waals surface area contributed by atoms with Crippen LogP contribution in [0.15, 0.2) is 18.4 Å². The Labute approximate surface area is 141 Å². The topological polar surface area (TPSA) is 76.7 Å². The zero-order valence-electron chi connectivity index (χ0n) is 14.7. The van der Waals surface area contributed by atoms with Crippen LogP contribution in [0.1, 0.15) is 31.9 Å². The Hall–Kier alpha value is -2.57. The summed E-state index contributed by atoms with van der Waals surface area (Å²) < 4.78 is 24.4. The molecule has 1 rings (SSSR count). The molecule has 0 fully saturated rings. The molecule has 2 N–H and O–H groups in total. The minimum Gasteiger partial charge on any atom is -0.504 e. The van der Waals surface area contributed by atoms with Gasteiger partial charge in [-0.05, 0) is 18.4 Å². The Morgan fingerprint density at radius 1 is 1.25 bits per heavy atom. The molecule has 0 saturated heterocycles. The van der Waals surface area contributed by atoms with Gasteiger partial charge in [0.05, 0.1) is 26.2 Å². The van der Waals surface area contributed by atoms with Gasteiger partial charge in [-0.25, -0.2) is 9.18 Å². The van der Waals surface area contributed by atoms with Gasteiger partial charge in [-0.2, -0.15) is 0 Å². The van der Waals surface area contributed by atoms with Gasteiger partial charge in [0.25, 0.3) is 5.91 Å². The first-order valence-electron chi connectivity index (χ1n) is 7.30. The standard InChI is InChI=1S/C17H23FN2O4/c1-10-14(18)12(9-11(15(10)24-6)17(2,3)4)19-16(22)20-13(21)7-8-23-5/h7-9H,1-6H3,(H2,19,20,21,22)/b8-7+. The van der Waals surface area contributed by atoms with Crippen molar-refractivity contribution in [3.05, 3.63) is 35.3 Å². The highest BCUT2D eigenvalue weighted by Gasteiger charge is 2.25.